The summed E-state index contributed by atoms with van der Waals surface area (Å²) in [6.07, 6.45) is 3.62. The van der Waals surface area contributed by atoms with Gasteiger partial charge in [0.05, 0.1) is 12.4 Å². The van der Waals surface area contributed by atoms with Crippen molar-refractivity contribution in [2.24, 2.45) is 0 Å². The zero-order chi connectivity index (χ0) is 23.3. The SMILES string of the molecule is O=C(COc1cccc2ccc(N3CCN(C(=O)c4ccco4)CC3)nc12)NCC1CCCO1. The highest BCUT2D eigenvalue weighted by Gasteiger charge is 2.24. The first-order chi connectivity index (χ1) is 16.7. The Morgan fingerprint density at radius 1 is 1.09 bits per heavy atom. The fourth-order valence-electron chi connectivity index (χ4n) is 4.32. The van der Waals surface area contributed by atoms with Gasteiger partial charge in [0, 0.05) is 44.7 Å². The van der Waals surface area contributed by atoms with E-state index in [-0.39, 0.29) is 24.5 Å². The number of nitrogens with one attached hydrogen (secondary N) is 1. The molecule has 2 aromatic heterocycles. The Labute approximate surface area is 197 Å². The van der Waals surface area contributed by atoms with E-state index in [0.29, 0.717) is 49.8 Å². The number of rotatable bonds is 7. The Hall–Kier alpha value is -3.59. The minimum absolute atomic E-state index is 0.0781. The van der Waals surface area contributed by atoms with Gasteiger partial charge < -0.3 is 29.0 Å². The molecule has 1 aromatic carbocycles. The van der Waals surface area contributed by atoms with Crippen molar-refractivity contribution in [3.63, 3.8) is 0 Å². The number of para-hydroxylation sites is 1. The van der Waals surface area contributed by atoms with Gasteiger partial charge in [-0.3, -0.25) is 9.59 Å². The summed E-state index contributed by atoms with van der Waals surface area (Å²) in [7, 11) is 0. The molecule has 2 aliphatic rings. The van der Waals surface area contributed by atoms with Crippen LogP contribution in [0.3, 0.4) is 0 Å². The van der Waals surface area contributed by atoms with Crippen LogP contribution in [-0.2, 0) is 9.53 Å². The number of amides is 2. The van der Waals surface area contributed by atoms with E-state index in [4.69, 9.17) is 18.9 Å². The van der Waals surface area contributed by atoms with Crippen LogP contribution in [0.2, 0.25) is 0 Å². The highest BCUT2D eigenvalue weighted by molar-refractivity contribution is 5.91. The summed E-state index contributed by atoms with van der Waals surface area (Å²) in [4.78, 5) is 33.5. The first-order valence-electron chi connectivity index (χ1n) is 11.7. The molecule has 2 aliphatic heterocycles. The molecule has 1 unspecified atom stereocenters. The summed E-state index contributed by atoms with van der Waals surface area (Å²) in [5, 5.41) is 3.81. The normalized spacial score (nSPS) is 18.3. The average Bonchev–Trinajstić information content (AvgIpc) is 3.60. The number of carbonyl (C=O) groups excluding carboxylic acids is 2. The van der Waals surface area contributed by atoms with Crippen LogP contribution in [0.4, 0.5) is 5.82 Å². The average molecular weight is 465 g/mol. The van der Waals surface area contributed by atoms with E-state index in [1.807, 2.05) is 30.3 Å². The maximum atomic E-state index is 12.5. The minimum atomic E-state index is -0.180. The van der Waals surface area contributed by atoms with Crippen LogP contribution in [0.15, 0.2) is 53.1 Å². The van der Waals surface area contributed by atoms with Gasteiger partial charge in [-0.2, -0.15) is 0 Å². The van der Waals surface area contributed by atoms with Crippen LogP contribution in [0.25, 0.3) is 10.9 Å². The summed E-state index contributed by atoms with van der Waals surface area (Å²) in [5.41, 5.74) is 0.709. The number of piperazine rings is 1. The topological polar surface area (TPSA) is 97.1 Å². The summed E-state index contributed by atoms with van der Waals surface area (Å²) < 4.78 is 16.6. The number of hydrogen-bond donors (Lipinski definition) is 1. The van der Waals surface area contributed by atoms with Crippen LogP contribution in [0, 0.1) is 0 Å². The molecule has 178 valence electrons. The van der Waals surface area contributed by atoms with Gasteiger partial charge in [0.1, 0.15) is 17.1 Å². The molecule has 0 bridgehead atoms. The molecule has 2 saturated heterocycles. The van der Waals surface area contributed by atoms with Gasteiger partial charge in [0.15, 0.2) is 12.4 Å². The molecular weight excluding hydrogens is 436 g/mol. The third-order valence-corrected chi connectivity index (χ3v) is 6.20. The molecule has 3 aromatic rings. The van der Waals surface area contributed by atoms with Crippen molar-refractivity contribution >= 4 is 28.5 Å². The zero-order valence-corrected chi connectivity index (χ0v) is 18.9. The second-order valence-electron chi connectivity index (χ2n) is 8.48. The molecule has 2 fully saturated rings. The molecule has 0 spiro atoms. The molecule has 0 aliphatic carbocycles. The van der Waals surface area contributed by atoms with Gasteiger partial charge in [0.2, 0.25) is 0 Å². The Morgan fingerprint density at radius 2 is 1.97 bits per heavy atom. The van der Waals surface area contributed by atoms with E-state index in [1.165, 1.54) is 6.26 Å². The predicted octanol–water partition coefficient (Wildman–Crippen LogP) is 2.46. The Bertz CT molecular complexity index is 1140. The molecule has 9 heteroatoms. The fourth-order valence-corrected chi connectivity index (χ4v) is 4.32. The van der Waals surface area contributed by atoms with Gasteiger partial charge in [-0.25, -0.2) is 4.98 Å². The minimum Gasteiger partial charge on any atom is -0.481 e. The lowest BCUT2D eigenvalue weighted by molar-refractivity contribution is -0.123. The van der Waals surface area contributed by atoms with Crippen molar-refractivity contribution < 1.29 is 23.5 Å². The molecule has 0 radical (unpaired) electrons. The van der Waals surface area contributed by atoms with E-state index in [9.17, 15) is 9.59 Å². The van der Waals surface area contributed by atoms with Gasteiger partial charge in [-0.05, 0) is 43.2 Å². The number of carbonyl (C=O) groups is 2. The first-order valence-corrected chi connectivity index (χ1v) is 11.7. The van der Waals surface area contributed by atoms with E-state index >= 15 is 0 Å². The third kappa shape index (κ3) is 4.99. The number of pyridine rings is 1. The molecule has 0 saturated carbocycles. The molecule has 9 nitrogen and oxygen atoms in total. The maximum Gasteiger partial charge on any atom is 0.289 e. The zero-order valence-electron chi connectivity index (χ0n) is 18.9. The van der Waals surface area contributed by atoms with Crippen molar-refractivity contribution in [3.05, 3.63) is 54.5 Å². The molecule has 1 N–H and O–H groups in total. The number of benzene rings is 1. The lowest BCUT2D eigenvalue weighted by Crippen LogP contribution is -2.49. The standard InChI is InChI=1S/C25H28N4O5/c30-23(26-16-19-5-2-14-32-19)17-34-20-6-1-4-18-8-9-22(27-24(18)20)28-10-12-29(13-11-28)25(31)21-7-3-15-33-21/h1,3-4,6-9,15,19H,2,5,10-14,16-17H2,(H,26,30). The maximum absolute atomic E-state index is 12.5. The lowest BCUT2D eigenvalue weighted by Gasteiger charge is -2.35. The number of anilines is 1. The van der Waals surface area contributed by atoms with Gasteiger partial charge in [0.25, 0.3) is 11.8 Å². The molecule has 34 heavy (non-hydrogen) atoms. The van der Waals surface area contributed by atoms with Crippen LogP contribution in [0.1, 0.15) is 23.4 Å². The van der Waals surface area contributed by atoms with Crippen molar-refractivity contribution in [1.82, 2.24) is 15.2 Å². The Morgan fingerprint density at radius 3 is 2.74 bits per heavy atom. The highest BCUT2D eigenvalue weighted by Crippen LogP contribution is 2.27. The van der Waals surface area contributed by atoms with Crippen LogP contribution < -0.4 is 15.0 Å². The van der Waals surface area contributed by atoms with E-state index in [0.717, 1.165) is 30.7 Å². The second kappa shape index (κ2) is 10.1. The van der Waals surface area contributed by atoms with Crippen molar-refractivity contribution in [2.45, 2.75) is 18.9 Å². The molecule has 2 amide bonds. The van der Waals surface area contributed by atoms with E-state index in [1.54, 1.807) is 17.0 Å². The Kier molecular flexibility index (Phi) is 6.62. The van der Waals surface area contributed by atoms with Crippen LogP contribution >= 0.6 is 0 Å². The molecule has 4 heterocycles. The van der Waals surface area contributed by atoms with Gasteiger partial charge in [-0.1, -0.05) is 12.1 Å². The Balaban J connectivity index is 1.21. The van der Waals surface area contributed by atoms with Gasteiger partial charge in [-0.15, -0.1) is 0 Å². The lowest BCUT2D eigenvalue weighted by atomic mass is 10.2. The molecular formula is C25H28N4O5. The second-order valence-corrected chi connectivity index (χ2v) is 8.48. The summed E-state index contributed by atoms with van der Waals surface area (Å²) in [6, 6.07) is 13.1. The van der Waals surface area contributed by atoms with E-state index in [2.05, 4.69) is 10.2 Å². The highest BCUT2D eigenvalue weighted by atomic mass is 16.5. The largest absolute Gasteiger partial charge is 0.481 e. The van der Waals surface area contributed by atoms with Crippen LogP contribution in [-0.4, -0.2) is 73.7 Å². The summed E-state index contributed by atoms with van der Waals surface area (Å²) in [6.45, 7) is 3.69. The van der Waals surface area contributed by atoms with Gasteiger partial charge >= 0.3 is 0 Å². The number of hydrogen-bond acceptors (Lipinski definition) is 7. The van der Waals surface area contributed by atoms with Crippen molar-refractivity contribution in [3.8, 4) is 5.75 Å². The smallest absolute Gasteiger partial charge is 0.289 e. The molecule has 1 atom stereocenters. The summed E-state index contributed by atoms with van der Waals surface area (Å²) >= 11 is 0. The third-order valence-electron chi connectivity index (χ3n) is 6.20. The first kappa shape index (κ1) is 22.2. The predicted molar refractivity (Wildman–Crippen MR) is 126 cm³/mol. The van der Waals surface area contributed by atoms with E-state index < -0.39 is 0 Å². The summed E-state index contributed by atoms with van der Waals surface area (Å²) in [5.74, 6) is 1.47. The van der Waals surface area contributed by atoms with Crippen molar-refractivity contribution in [2.75, 3.05) is 50.8 Å². The molecule has 5 rings (SSSR count). The monoisotopic (exact) mass is 464 g/mol. The number of furan rings is 1. The quantitative estimate of drug-likeness (QED) is 0.574. The van der Waals surface area contributed by atoms with Crippen LogP contribution in [0.5, 0.6) is 5.75 Å². The fraction of sp³-hybridized carbons (Fsp3) is 0.400. The number of fused-ring (bicyclic) bond motifs is 1. The number of aromatic nitrogens is 1. The van der Waals surface area contributed by atoms with Crippen molar-refractivity contribution in [1.29, 1.82) is 0 Å². The number of ether oxygens (including phenoxy) is 2. The number of nitrogens with zero attached hydrogens (tertiary/aromatic N) is 3.